The van der Waals surface area contributed by atoms with E-state index in [4.69, 9.17) is 11.6 Å². The monoisotopic (exact) mass is 209 g/mol. The topological polar surface area (TPSA) is 29.1 Å². The van der Waals surface area contributed by atoms with Gasteiger partial charge in [-0.2, -0.15) is 0 Å². The summed E-state index contributed by atoms with van der Waals surface area (Å²) < 4.78 is 0. The van der Waals surface area contributed by atoms with Crippen molar-refractivity contribution in [3.63, 3.8) is 0 Å². The normalized spacial score (nSPS) is 9.57. The summed E-state index contributed by atoms with van der Waals surface area (Å²) in [5.74, 6) is -0.0862. The predicted octanol–water partition coefficient (Wildman–Crippen LogP) is 3.03. The van der Waals surface area contributed by atoms with Crippen LogP contribution in [0, 0.1) is 0 Å². The third kappa shape index (κ3) is 2.89. The Morgan fingerprint density at radius 1 is 1.64 bits per heavy atom. The highest BCUT2D eigenvalue weighted by molar-refractivity contribution is 6.31. The molecule has 0 atom stereocenters. The summed E-state index contributed by atoms with van der Waals surface area (Å²) in [6.07, 6.45) is 2.48. The second kappa shape index (κ2) is 4.82. The van der Waals surface area contributed by atoms with Crippen molar-refractivity contribution < 1.29 is 4.79 Å². The van der Waals surface area contributed by atoms with Crippen LogP contribution < -0.4 is 5.32 Å². The third-order valence-corrected chi connectivity index (χ3v) is 2.10. The molecular formula is C11H12ClNO. The lowest BCUT2D eigenvalue weighted by Gasteiger charge is -2.05. The Labute approximate surface area is 88.6 Å². The van der Waals surface area contributed by atoms with E-state index in [0.29, 0.717) is 11.4 Å². The van der Waals surface area contributed by atoms with Crippen LogP contribution in [0.2, 0.25) is 5.02 Å². The zero-order valence-corrected chi connectivity index (χ0v) is 8.77. The van der Waals surface area contributed by atoms with Gasteiger partial charge in [0.25, 0.3) is 0 Å². The minimum atomic E-state index is -0.0862. The van der Waals surface area contributed by atoms with E-state index in [1.807, 2.05) is 6.07 Å². The molecule has 1 aromatic carbocycles. The summed E-state index contributed by atoms with van der Waals surface area (Å²) in [6.45, 7) is 5.12. The van der Waals surface area contributed by atoms with E-state index in [2.05, 4.69) is 11.9 Å². The van der Waals surface area contributed by atoms with Gasteiger partial charge in [0, 0.05) is 17.6 Å². The lowest BCUT2D eigenvalue weighted by molar-refractivity contribution is -0.114. The van der Waals surface area contributed by atoms with Gasteiger partial charge < -0.3 is 5.32 Å². The Morgan fingerprint density at radius 2 is 2.36 bits per heavy atom. The van der Waals surface area contributed by atoms with Gasteiger partial charge in [0.05, 0.1) is 0 Å². The van der Waals surface area contributed by atoms with Crippen LogP contribution in [0.3, 0.4) is 0 Å². The maximum Gasteiger partial charge on any atom is 0.221 e. The number of hydrogen-bond donors (Lipinski definition) is 1. The molecule has 0 fully saturated rings. The molecule has 1 N–H and O–H groups in total. The predicted molar refractivity (Wildman–Crippen MR) is 59.7 cm³/mol. The summed E-state index contributed by atoms with van der Waals surface area (Å²) in [4.78, 5) is 10.8. The molecule has 0 aliphatic carbocycles. The van der Waals surface area contributed by atoms with Crippen molar-refractivity contribution in [3.05, 3.63) is 41.4 Å². The molecule has 0 aliphatic heterocycles. The number of anilines is 1. The number of allylic oxidation sites excluding steroid dienone is 1. The van der Waals surface area contributed by atoms with Gasteiger partial charge in [-0.15, -0.1) is 6.58 Å². The van der Waals surface area contributed by atoms with Gasteiger partial charge in [-0.1, -0.05) is 17.7 Å². The average Bonchev–Trinajstić information content (AvgIpc) is 2.10. The Balaban J connectivity index is 2.93. The van der Waals surface area contributed by atoms with Gasteiger partial charge in [-0.25, -0.2) is 0 Å². The molecule has 14 heavy (non-hydrogen) atoms. The lowest BCUT2D eigenvalue weighted by atomic mass is 10.1. The zero-order valence-electron chi connectivity index (χ0n) is 8.01. The summed E-state index contributed by atoms with van der Waals surface area (Å²) in [6, 6.07) is 5.40. The maximum atomic E-state index is 10.8. The Bertz CT molecular complexity index is 360. The first-order valence-corrected chi connectivity index (χ1v) is 4.68. The maximum absolute atomic E-state index is 10.8. The number of nitrogens with one attached hydrogen (secondary N) is 1. The first-order chi connectivity index (χ1) is 6.63. The van der Waals surface area contributed by atoms with E-state index >= 15 is 0 Å². The molecular weight excluding hydrogens is 198 g/mol. The molecule has 0 saturated heterocycles. The van der Waals surface area contributed by atoms with Crippen molar-refractivity contribution in [3.8, 4) is 0 Å². The fourth-order valence-electron chi connectivity index (χ4n) is 1.17. The SMILES string of the molecule is C=CCc1cc(NC(C)=O)ccc1Cl. The molecule has 0 aromatic heterocycles. The van der Waals surface area contributed by atoms with Crippen LogP contribution in [0.15, 0.2) is 30.9 Å². The van der Waals surface area contributed by atoms with Crippen LogP contribution in [0.25, 0.3) is 0 Å². The molecule has 0 spiro atoms. The second-order valence-corrected chi connectivity index (χ2v) is 3.39. The molecule has 0 saturated carbocycles. The number of carbonyl (C=O) groups is 1. The number of rotatable bonds is 3. The molecule has 2 nitrogen and oxygen atoms in total. The van der Waals surface area contributed by atoms with Crippen molar-refractivity contribution in [1.82, 2.24) is 0 Å². The Hall–Kier alpha value is -1.28. The van der Waals surface area contributed by atoms with Crippen LogP contribution in [0.5, 0.6) is 0 Å². The minimum Gasteiger partial charge on any atom is -0.326 e. The Morgan fingerprint density at radius 3 is 2.93 bits per heavy atom. The molecule has 3 heteroatoms. The van der Waals surface area contributed by atoms with Crippen LogP contribution in [0.1, 0.15) is 12.5 Å². The molecule has 1 aromatic rings. The highest BCUT2D eigenvalue weighted by Crippen LogP contribution is 2.21. The van der Waals surface area contributed by atoms with Gasteiger partial charge in [0.15, 0.2) is 0 Å². The van der Waals surface area contributed by atoms with Gasteiger partial charge in [-0.05, 0) is 30.2 Å². The number of carbonyl (C=O) groups excluding carboxylic acids is 1. The largest absolute Gasteiger partial charge is 0.326 e. The lowest BCUT2D eigenvalue weighted by Crippen LogP contribution is -2.05. The molecule has 0 radical (unpaired) electrons. The van der Waals surface area contributed by atoms with Crippen LogP contribution in [-0.4, -0.2) is 5.91 Å². The zero-order chi connectivity index (χ0) is 10.6. The van der Waals surface area contributed by atoms with E-state index in [0.717, 1.165) is 11.3 Å². The number of halogens is 1. The summed E-state index contributed by atoms with van der Waals surface area (Å²) in [5, 5.41) is 3.39. The van der Waals surface area contributed by atoms with E-state index in [1.54, 1.807) is 18.2 Å². The van der Waals surface area contributed by atoms with E-state index in [9.17, 15) is 4.79 Å². The van der Waals surface area contributed by atoms with Crippen LogP contribution in [0.4, 0.5) is 5.69 Å². The molecule has 0 aliphatic rings. The molecule has 1 amide bonds. The van der Waals surface area contributed by atoms with Crippen molar-refractivity contribution in [1.29, 1.82) is 0 Å². The van der Waals surface area contributed by atoms with E-state index in [1.165, 1.54) is 6.92 Å². The van der Waals surface area contributed by atoms with Crippen molar-refractivity contribution >= 4 is 23.2 Å². The third-order valence-electron chi connectivity index (χ3n) is 1.73. The van der Waals surface area contributed by atoms with E-state index < -0.39 is 0 Å². The van der Waals surface area contributed by atoms with Crippen LogP contribution >= 0.6 is 11.6 Å². The number of benzene rings is 1. The van der Waals surface area contributed by atoms with Crippen molar-refractivity contribution in [2.75, 3.05) is 5.32 Å². The van der Waals surface area contributed by atoms with Gasteiger partial charge in [0.2, 0.25) is 5.91 Å². The molecule has 0 bridgehead atoms. The number of hydrogen-bond acceptors (Lipinski definition) is 1. The van der Waals surface area contributed by atoms with Crippen molar-refractivity contribution in [2.45, 2.75) is 13.3 Å². The summed E-state index contributed by atoms with van der Waals surface area (Å²) >= 11 is 5.95. The quantitative estimate of drug-likeness (QED) is 0.762. The van der Waals surface area contributed by atoms with Gasteiger partial charge >= 0.3 is 0 Å². The average molecular weight is 210 g/mol. The second-order valence-electron chi connectivity index (χ2n) is 2.98. The standard InChI is InChI=1S/C11H12ClNO/c1-3-4-9-7-10(13-8(2)14)5-6-11(9)12/h3,5-7H,1,4H2,2H3,(H,13,14). The van der Waals surface area contributed by atoms with Crippen molar-refractivity contribution in [2.24, 2.45) is 0 Å². The molecule has 0 heterocycles. The smallest absolute Gasteiger partial charge is 0.221 e. The highest BCUT2D eigenvalue weighted by Gasteiger charge is 2.01. The fourth-order valence-corrected chi connectivity index (χ4v) is 1.36. The molecule has 0 unspecified atom stereocenters. The van der Waals surface area contributed by atoms with Gasteiger partial charge in [-0.3, -0.25) is 4.79 Å². The molecule has 74 valence electrons. The minimum absolute atomic E-state index is 0.0862. The van der Waals surface area contributed by atoms with E-state index in [-0.39, 0.29) is 5.91 Å². The fraction of sp³-hybridized carbons (Fsp3) is 0.182. The summed E-state index contributed by atoms with van der Waals surface area (Å²) in [7, 11) is 0. The van der Waals surface area contributed by atoms with Gasteiger partial charge in [0.1, 0.15) is 0 Å². The van der Waals surface area contributed by atoms with Crippen LogP contribution in [-0.2, 0) is 11.2 Å². The molecule has 1 rings (SSSR count). The highest BCUT2D eigenvalue weighted by atomic mass is 35.5. The first kappa shape index (κ1) is 10.8. The first-order valence-electron chi connectivity index (χ1n) is 4.30. The number of amides is 1. The Kier molecular flexibility index (Phi) is 3.72. The summed E-state index contributed by atoms with van der Waals surface area (Å²) in [5.41, 5.74) is 1.73.